The molecule has 34 heavy (non-hydrogen) atoms. The summed E-state index contributed by atoms with van der Waals surface area (Å²) in [6.07, 6.45) is -3.96. The molecule has 1 aliphatic heterocycles. The van der Waals surface area contributed by atoms with Crippen LogP contribution in [-0.2, 0) is 19.5 Å². The first-order valence-corrected chi connectivity index (χ1v) is 10.7. The van der Waals surface area contributed by atoms with Crippen LogP contribution < -0.4 is 20.9 Å². The van der Waals surface area contributed by atoms with Gasteiger partial charge in [-0.2, -0.15) is 10.2 Å². The fraction of sp³-hybridized carbons (Fsp3) is 0.261. The van der Waals surface area contributed by atoms with Crippen molar-refractivity contribution < 1.29 is 17.9 Å². The lowest BCUT2D eigenvalue weighted by Crippen LogP contribution is -2.20. The van der Waals surface area contributed by atoms with Crippen molar-refractivity contribution in [1.82, 2.24) is 20.0 Å². The molecule has 3 heterocycles. The summed E-state index contributed by atoms with van der Waals surface area (Å²) in [5.74, 6) is -0.0354. The molecule has 8 nitrogen and oxygen atoms in total. The number of nitrogens with zero attached hydrogens (tertiary/aromatic N) is 4. The Morgan fingerprint density at radius 2 is 2.03 bits per heavy atom. The zero-order valence-electron chi connectivity index (χ0n) is 18.2. The molecule has 0 radical (unpaired) electrons. The van der Waals surface area contributed by atoms with Crippen molar-refractivity contribution in [1.29, 1.82) is 0 Å². The van der Waals surface area contributed by atoms with Crippen LogP contribution in [0.2, 0.25) is 0 Å². The van der Waals surface area contributed by atoms with E-state index in [2.05, 4.69) is 24.9 Å². The summed E-state index contributed by atoms with van der Waals surface area (Å²) in [7, 11) is 0. The number of ether oxygens (including phenoxy) is 1. The first-order chi connectivity index (χ1) is 16.2. The first kappa shape index (κ1) is 21.8. The molecular formula is C23H21F3N6O2. The highest BCUT2D eigenvalue weighted by Crippen LogP contribution is 2.36. The SMILES string of the molecule is CCn1nc(-c2ccc3c(c2)CCN3Cc2cccc(OC(F)(F)F)c2)c2c(N)n[nH]c(=O)c21. The molecule has 1 aliphatic rings. The maximum absolute atomic E-state index is 12.6. The second-order valence-corrected chi connectivity index (χ2v) is 8.04. The molecule has 0 bridgehead atoms. The smallest absolute Gasteiger partial charge is 0.406 e. The van der Waals surface area contributed by atoms with Gasteiger partial charge in [-0.05, 0) is 48.7 Å². The van der Waals surface area contributed by atoms with Crippen LogP contribution in [0, 0.1) is 0 Å². The van der Waals surface area contributed by atoms with Gasteiger partial charge in [0.25, 0.3) is 5.56 Å². The lowest BCUT2D eigenvalue weighted by Gasteiger charge is -2.20. The van der Waals surface area contributed by atoms with Crippen molar-refractivity contribution in [3.05, 3.63) is 63.9 Å². The van der Waals surface area contributed by atoms with Crippen LogP contribution in [0.3, 0.4) is 0 Å². The van der Waals surface area contributed by atoms with Crippen LogP contribution in [0.25, 0.3) is 22.2 Å². The van der Waals surface area contributed by atoms with Crippen molar-refractivity contribution in [2.24, 2.45) is 0 Å². The number of aromatic amines is 1. The van der Waals surface area contributed by atoms with E-state index in [9.17, 15) is 18.0 Å². The predicted octanol–water partition coefficient (Wildman–Crippen LogP) is 3.85. The second kappa shape index (κ2) is 8.08. The van der Waals surface area contributed by atoms with Crippen LogP contribution in [0.5, 0.6) is 5.75 Å². The van der Waals surface area contributed by atoms with E-state index >= 15 is 0 Å². The fourth-order valence-electron chi connectivity index (χ4n) is 4.43. The molecule has 0 unspecified atom stereocenters. The lowest BCUT2D eigenvalue weighted by atomic mass is 10.0. The Labute approximate surface area is 191 Å². The highest BCUT2D eigenvalue weighted by molar-refractivity contribution is 5.99. The van der Waals surface area contributed by atoms with E-state index in [-0.39, 0.29) is 17.1 Å². The molecule has 0 atom stereocenters. The molecule has 0 aliphatic carbocycles. The number of nitrogens with one attached hydrogen (secondary N) is 1. The summed E-state index contributed by atoms with van der Waals surface area (Å²) in [6.45, 7) is 3.55. The number of benzene rings is 2. The molecule has 11 heteroatoms. The summed E-state index contributed by atoms with van der Waals surface area (Å²) in [4.78, 5) is 14.5. The lowest BCUT2D eigenvalue weighted by molar-refractivity contribution is -0.274. The number of H-pyrrole nitrogens is 1. The Balaban J connectivity index is 1.46. The maximum Gasteiger partial charge on any atom is 0.573 e. The molecule has 0 amide bonds. The topological polar surface area (TPSA) is 102 Å². The van der Waals surface area contributed by atoms with Crippen molar-refractivity contribution in [2.45, 2.75) is 32.8 Å². The van der Waals surface area contributed by atoms with Gasteiger partial charge in [0.05, 0.1) is 5.39 Å². The highest BCUT2D eigenvalue weighted by Gasteiger charge is 2.31. The molecule has 176 valence electrons. The van der Waals surface area contributed by atoms with Gasteiger partial charge < -0.3 is 15.4 Å². The molecule has 0 saturated carbocycles. The normalized spacial score (nSPS) is 13.5. The number of nitrogen functional groups attached to an aromatic ring is 1. The number of fused-ring (bicyclic) bond motifs is 2. The largest absolute Gasteiger partial charge is 0.573 e. The van der Waals surface area contributed by atoms with E-state index in [0.717, 1.165) is 29.8 Å². The van der Waals surface area contributed by atoms with Crippen molar-refractivity contribution >= 4 is 22.4 Å². The summed E-state index contributed by atoms with van der Waals surface area (Å²) >= 11 is 0. The average Bonchev–Trinajstić information content (AvgIpc) is 3.37. The van der Waals surface area contributed by atoms with Crippen LogP contribution in [0.1, 0.15) is 18.1 Å². The van der Waals surface area contributed by atoms with Gasteiger partial charge in [-0.25, -0.2) is 5.10 Å². The van der Waals surface area contributed by atoms with E-state index in [4.69, 9.17) is 5.73 Å². The first-order valence-electron chi connectivity index (χ1n) is 10.7. The van der Waals surface area contributed by atoms with Gasteiger partial charge in [-0.1, -0.05) is 18.2 Å². The molecular weight excluding hydrogens is 449 g/mol. The Morgan fingerprint density at radius 3 is 2.79 bits per heavy atom. The van der Waals surface area contributed by atoms with E-state index < -0.39 is 6.36 Å². The van der Waals surface area contributed by atoms with E-state index in [1.807, 2.05) is 25.1 Å². The van der Waals surface area contributed by atoms with E-state index in [1.165, 1.54) is 12.1 Å². The molecule has 0 saturated heterocycles. The number of halogens is 3. The fourth-order valence-corrected chi connectivity index (χ4v) is 4.43. The minimum atomic E-state index is -4.73. The molecule has 4 aromatic rings. The molecule has 5 rings (SSSR count). The van der Waals surface area contributed by atoms with Crippen molar-refractivity contribution in [2.75, 3.05) is 17.2 Å². The number of nitrogens with two attached hydrogens (primary N) is 1. The van der Waals surface area contributed by atoms with E-state index in [0.29, 0.717) is 35.2 Å². The Hall–Kier alpha value is -4.02. The van der Waals surface area contributed by atoms with Crippen molar-refractivity contribution in [3.8, 4) is 17.0 Å². The third-order valence-electron chi connectivity index (χ3n) is 5.85. The minimum absolute atomic E-state index is 0.201. The summed E-state index contributed by atoms with van der Waals surface area (Å²) in [5.41, 5.74) is 10.3. The number of alkyl halides is 3. The quantitative estimate of drug-likeness (QED) is 0.460. The van der Waals surface area contributed by atoms with Crippen LogP contribution in [-0.4, -0.2) is 32.9 Å². The van der Waals surface area contributed by atoms with Crippen LogP contribution >= 0.6 is 0 Å². The van der Waals surface area contributed by atoms with Gasteiger partial charge in [0, 0.05) is 30.9 Å². The molecule has 0 spiro atoms. The van der Waals surface area contributed by atoms with Crippen LogP contribution in [0.4, 0.5) is 24.7 Å². The Bertz CT molecular complexity index is 1440. The second-order valence-electron chi connectivity index (χ2n) is 8.04. The third-order valence-corrected chi connectivity index (χ3v) is 5.85. The standard InChI is InChI=1S/C23H21F3N6O2/c1-2-32-20-18(21(27)28-29-22(20)33)19(30-32)15-6-7-17-14(11-15)8-9-31(17)12-13-4-3-5-16(10-13)34-23(24,25)26/h3-7,10-11H,2,8-9,12H2,1H3,(H2,27,28)(H,29,33). The van der Waals surface area contributed by atoms with Gasteiger partial charge in [0.2, 0.25) is 0 Å². The number of hydrogen-bond donors (Lipinski definition) is 2. The molecule has 0 fully saturated rings. The number of aryl methyl sites for hydroxylation is 1. The number of anilines is 2. The zero-order chi connectivity index (χ0) is 24.0. The molecule has 2 aromatic carbocycles. The van der Waals surface area contributed by atoms with Gasteiger partial charge in [-0.3, -0.25) is 9.48 Å². The molecule has 2 aromatic heterocycles. The predicted molar refractivity (Wildman–Crippen MR) is 122 cm³/mol. The highest BCUT2D eigenvalue weighted by atomic mass is 19.4. The number of rotatable bonds is 5. The number of hydrogen-bond acceptors (Lipinski definition) is 6. The van der Waals surface area contributed by atoms with Gasteiger partial charge in [-0.15, -0.1) is 13.2 Å². The minimum Gasteiger partial charge on any atom is -0.406 e. The monoisotopic (exact) mass is 470 g/mol. The van der Waals surface area contributed by atoms with E-state index in [1.54, 1.807) is 16.8 Å². The average molecular weight is 470 g/mol. The number of aromatic nitrogens is 4. The summed E-state index contributed by atoms with van der Waals surface area (Å²) < 4.78 is 43.3. The zero-order valence-corrected chi connectivity index (χ0v) is 18.2. The van der Waals surface area contributed by atoms with Crippen LogP contribution in [0.15, 0.2) is 47.3 Å². The summed E-state index contributed by atoms with van der Waals surface area (Å²) in [6, 6.07) is 11.9. The van der Waals surface area contributed by atoms with Gasteiger partial charge in [0.15, 0.2) is 5.82 Å². The van der Waals surface area contributed by atoms with Gasteiger partial charge in [0.1, 0.15) is 17.0 Å². The summed E-state index contributed by atoms with van der Waals surface area (Å²) in [5, 5.41) is 11.4. The molecule has 3 N–H and O–H groups in total. The van der Waals surface area contributed by atoms with Gasteiger partial charge >= 0.3 is 6.36 Å². The maximum atomic E-state index is 12.6. The van der Waals surface area contributed by atoms with Crippen molar-refractivity contribution in [3.63, 3.8) is 0 Å². The Kier molecular flexibility index (Phi) is 5.18. The third kappa shape index (κ3) is 3.93. The Morgan fingerprint density at radius 1 is 1.21 bits per heavy atom.